The SMILES string of the molecule is COc1ccc(C(CN)c2nccn2C)c(C)c1C. The molecule has 0 fully saturated rings. The number of imidazole rings is 1. The Hall–Kier alpha value is -1.81. The Labute approximate surface area is 114 Å². The van der Waals surface area contributed by atoms with E-state index in [2.05, 4.69) is 24.9 Å². The van der Waals surface area contributed by atoms with E-state index in [1.165, 1.54) is 11.1 Å². The van der Waals surface area contributed by atoms with Crippen molar-refractivity contribution in [3.63, 3.8) is 0 Å². The largest absolute Gasteiger partial charge is 0.496 e. The fourth-order valence-electron chi connectivity index (χ4n) is 2.50. The first-order valence-electron chi connectivity index (χ1n) is 6.41. The zero-order chi connectivity index (χ0) is 14.0. The molecule has 0 saturated heterocycles. The predicted octanol–water partition coefficient (Wildman–Crippen LogP) is 2.14. The number of methoxy groups -OCH3 is 1. The van der Waals surface area contributed by atoms with Gasteiger partial charge in [-0.3, -0.25) is 0 Å². The lowest BCUT2D eigenvalue weighted by Crippen LogP contribution is -2.19. The first kappa shape index (κ1) is 13.6. The zero-order valence-electron chi connectivity index (χ0n) is 12.0. The van der Waals surface area contributed by atoms with Crippen LogP contribution in [0.3, 0.4) is 0 Å². The second kappa shape index (κ2) is 5.45. The molecule has 1 atom stereocenters. The topological polar surface area (TPSA) is 53.1 Å². The van der Waals surface area contributed by atoms with E-state index in [1.54, 1.807) is 7.11 Å². The highest BCUT2D eigenvalue weighted by Gasteiger charge is 2.20. The Morgan fingerprint density at radius 1 is 1.32 bits per heavy atom. The van der Waals surface area contributed by atoms with E-state index in [0.717, 1.165) is 17.1 Å². The molecular weight excluding hydrogens is 238 g/mol. The standard InChI is InChI=1S/C15H21N3O/c1-10-11(2)14(19-4)6-5-12(10)13(9-16)15-17-7-8-18(15)3/h5-8,13H,9,16H2,1-4H3. The Balaban J connectivity index is 2.51. The first-order chi connectivity index (χ1) is 9.10. The first-order valence-corrected chi connectivity index (χ1v) is 6.41. The highest BCUT2D eigenvalue weighted by molar-refractivity contribution is 5.46. The number of hydrogen-bond donors (Lipinski definition) is 1. The molecular formula is C15H21N3O. The van der Waals surface area contributed by atoms with Crippen molar-refractivity contribution >= 4 is 0 Å². The third-order valence-electron chi connectivity index (χ3n) is 3.78. The third kappa shape index (κ3) is 2.36. The lowest BCUT2D eigenvalue weighted by molar-refractivity contribution is 0.411. The Kier molecular flexibility index (Phi) is 3.90. The molecule has 0 amide bonds. The summed E-state index contributed by atoms with van der Waals surface area (Å²) in [4.78, 5) is 4.43. The van der Waals surface area contributed by atoms with E-state index in [-0.39, 0.29) is 5.92 Å². The molecule has 4 heteroatoms. The van der Waals surface area contributed by atoms with Crippen LogP contribution < -0.4 is 10.5 Å². The summed E-state index contributed by atoms with van der Waals surface area (Å²) in [6.07, 6.45) is 3.76. The maximum atomic E-state index is 5.97. The quantitative estimate of drug-likeness (QED) is 0.915. The number of aromatic nitrogens is 2. The van der Waals surface area contributed by atoms with Crippen molar-refractivity contribution in [1.29, 1.82) is 0 Å². The molecule has 1 unspecified atom stereocenters. The van der Waals surface area contributed by atoms with Crippen LogP contribution in [0, 0.1) is 13.8 Å². The smallest absolute Gasteiger partial charge is 0.122 e. The molecule has 2 N–H and O–H groups in total. The summed E-state index contributed by atoms with van der Waals surface area (Å²) >= 11 is 0. The molecule has 4 nitrogen and oxygen atoms in total. The van der Waals surface area contributed by atoms with E-state index in [0.29, 0.717) is 6.54 Å². The highest BCUT2D eigenvalue weighted by atomic mass is 16.5. The average Bonchev–Trinajstić information content (AvgIpc) is 2.82. The van der Waals surface area contributed by atoms with Gasteiger partial charge in [0, 0.05) is 26.0 Å². The highest BCUT2D eigenvalue weighted by Crippen LogP contribution is 2.31. The fraction of sp³-hybridized carbons (Fsp3) is 0.400. The van der Waals surface area contributed by atoms with Crippen LogP contribution in [0.1, 0.15) is 28.4 Å². The van der Waals surface area contributed by atoms with Crippen molar-refractivity contribution in [2.24, 2.45) is 12.8 Å². The molecule has 19 heavy (non-hydrogen) atoms. The molecule has 1 aromatic carbocycles. The molecule has 102 valence electrons. The Bertz CT molecular complexity index is 575. The van der Waals surface area contributed by atoms with Crippen LogP contribution >= 0.6 is 0 Å². The normalized spacial score (nSPS) is 12.5. The molecule has 0 spiro atoms. The number of nitrogens with zero attached hydrogens (tertiary/aromatic N) is 2. The predicted molar refractivity (Wildman–Crippen MR) is 76.6 cm³/mol. The Morgan fingerprint density at radius 3 is 2.58 bits per heavy atom. The van der Waals surface area contributed by atoms with Gasteiger partial charge in [0.2, 0.25) is 0 Å². The molecule has 0 aliphatic heterocycles. The number of aryl methyl sites for hydroxylation is 1. The number of benzene rings is 1. The van der Waals surface area contributed by atoms with Crippen molar-refractivity contribution in [2.45, 2.75) is 19.8 Å². The minimum absolute atomic E-state index is 0.115. The van der Waals surface area contributed by atoms with Crippen LogP contribution in [0.2, 0.25) is 0 Å². The number of hydrogen-bond acceptors (Lipinski definition) is 3. The van der Waals surface area contributed by atoms with Gasteiger partial charge in [-0.15, -0.1) is 0 Å². The maximum Gasteiger partial charge on any atom is 0.122 e. The summed E-state index contributed by atoms with van der Waals surface area (Å²) in [7, 11) is 3.69. The van der Waals surface area contributed by atoms with E-state index < -0.39 is 0 Å². The van der Waals surface area contributed by atoms with Crippen LogP contribution in [-0.2, 0) is 7.05 Å². The number of rotatable bonds is 4. The minimum atomic E-state index is 0.115. The third-order valence-corrected chi connectivity index (χ3v) is 3.78. The van der Waals surface area contributed by atoms with Gasteiger partial charge in [0.05, 0.1) is 13.0 Å². The van der Waals surface area contributed by atoms with E-state index in [4.69, 9.17) is 10.5 Å². The summed E-state index contributed by atoms with van der Waals surface area (Å²) in [5.41, 5.74) is 9.57. The second-order valence-electron chi connectivity index (χ2n) is 4.79. The van der Waals surface area contributed by atoms with Crippen molar-refractivity contribution in [3.8, 4) is 5.75 Å². The summed E-state index contributed by atoms with van der Waals surface area (Å²) in [5, 5.41) is 0. The lowest BCUT2D eigenvalue weighted by atomic mass is 9.91. The molecule has 0 saturated carbocycles. The monoisotopic (exact) mass is 259 g/mol. The molecule has 0 aliphatic carbocycles. The number of ether oxygens (including phenoxy) is 1. The lowest BCUT2D eigenvalue weighted by Gasteiger charge is -2.20. The number of nitrogens with two attached hydrogens (primary N) is 1. The molecule has 1 aromatic heterocycles. The summed E-state index contributed by atoms with van der Waals surface area (Å²) < 4.78 is 7.38. The van der Waals surface area contributed by atoms with Crippen LogP contribution in [0.4, 0.5) is 0 Å². The van der Waals surface area contributed by atoms with Crippen LogP contribution in [-0.4, -0.2) is 23.2 Å². The van der Waals surface area contributed by atoms with Crippen LogP contribution in [0.25, 0.3) is 0 Å². The van der Waals surface area contributed by atoms with Crippen molar-refractivity contribution in [1.82, 2.24) is 9.55 Å². The maximum absolute atomic E-state index is 5.97. The van der Waals surface area contributed by atoms with Gasteiger partial charge >= 0.3 is 0 Å². The van der Waals surface area contributed by atoms with Gasteiger partial charge in [-0.25, -0.2) is 4.98 Å². The van der Waals surface area contributed by atoms with Gasteiger partial charge in [0.25, 0.3) is 0 Å². The average molecular weight is 259 g/mol. The van der Waals surface area contributed by atoms with Gasteiger partial charge in [-0.05, 0) is 36.6 Å². The van der Waals surface area contributed by atoms with Crippen LogP contribution in [0.15, 0.2) is 24.5 Å². The van der Waals surface area contributed by atoms with E-state index in [9.17, 15) is 0 Å². The summed E-state index contributed by atoms with van der Waals surface area (Å²) in [5.74, 6) is 2.02. The molecule has 2 rings (SSSR count). The fourth-order valence-corrected chi connectivity index (χ4v) is 2.50. The Morgan fingerprint density at radius 2 is 2.05 bits per heavy atom. The van der Waals surface area contributed by atoms with Gasteiger partial charge in [0.1, 0.15) is 11.6 Å². The summed E-state index contributed by atoms with van der Waals surface area (Å²) in [6, 6.07) is 4.09. The van der Waals surface area contributed by atoms with E-state index in [1.807, 2.05) is 30.1 Å². The zero-order valence-corrected chi connectivity index (χ0v) is 12.0. The minimum Gasteiger partial charge on any atom is -0.496 e. The van der Waals surface area contributed by atoms with Gasteiger partial charge in [-0.2, -0.15) is 0 Å². The van der Waals surface area contributed by atoms with Crippen molar-refractivity contribution in [3.05, 3.63) is 47.0 Å². The van der Waals surface area contributed by atoms with Crippen LogP contribution in [0.5, 0.6) is 5.75 Å². The molecule has 0 aliphatic rings. The molecule has 1 heterocycles. The van der Waals surface area contributed by atoms with Gasteiger partial charge in [0.15, 0.2) is 0 Å². The van der Waals surface area contributed by atoms with Gasteiger partial charge < -0.3 is 15.0 Å². The van der Waals surface area contributed by atoms with Gasteiger partial charge in [-0.1, -0.05) is 6.07 Å². The van der Waals surface area contributed by atoms with Crippen molar-refractivity contribution < 1.29 is 4.74 Å². The second-order valence-corrected chi connectivity index (χ2v) is 4.79. The summed E-state index contributed by atoms with van der Waals surface area (Å²) in [6.45, 7) is 4.72. The van der Waals surface area contributed by atoms with E-state index >= 15 is 0 Å². The molecule has 2 aromatic rings. The molecule has 0 radical (unpaired) electrons. The molecule has 0 bridgehead atoms. The van der Waals surface area contributed by atoms with Crippen molar-refractivity contribution in [2.75, 3.05) is 13.7 Å².